The third kappa shape index (κ3) is 5.93. The number of nitrogens with zero attached hydrogens (tertiary/aromatic N) is 2. The average Bonchev–Trinajstić information content (AvgIpc) is 3.18. The van der Waals surface area contributed by atoms with Gasteiger partial charge < -0.3 is 14.4 Å². The van der Waals surface area contributed by atoms with E-state index in [1.54, 1.807) is 19.2 Å². The summed E-state index contributed by atoms with van der Waals surface area (Å²) in [5.41, 5.74) is 7.26. The third-order valence-electron chi connectivity index (χ3n) is 6.30. The van der Waals surface area contributed by atoms with Crippen LogP contribution in [0.4, 0.5) is 4.79 Å². The molecule has 1 aliphatic rings. The second kappa shape index (κ2) is 11.0. The second-order valence-electron chi connectivity index (χ2n) is 8.68. The lowest BCUT2D eigenvalue weighted by atomic mass is 10.0. The minimum absolute atomic E-state index is 0.171. The highest BCUT2D eigenvalue weighted by Gasteiger charge is 2.39. The summed E-state index contributed by atoms with van der Waals surface area (Å²) in [6.45, 7) is 4.85. The molecule has 7 nitrogen and oxygen atoms in total. The summed E-state index contributed by atoms with van der Waals surface area (Å²) in [6, 6.07) is 22.8. The fourth-order valence-corrected chi connectivity index (χ4v) is 4.13. The zero-order valence-corrected chi connectivity index (χ0v) is 20.4. The van der Waals surface area contributed by atoms with Gasteiger partial charge in [-0.3, -0.25) is 10.2 Å². The van der Waals surface area contributed by atoms with Gasteiger partial charge in [-0.25, -0.2) is 9.80 Å². The van der Waals surface area contributed by atoms with Gasteiger partial charge in [-0.15, -0.1) is 0 Å². The Morgan fingerprint density at radius 1 is 0.971 bits per heavy atom. The molecule has 4 rings (SSSR count). The Morgan fingerprint density at radius 2 is 1.71 bits per heavy atom. The maximum absolute atomic E-state index is 13.3. The van der Waals surface area contributed by atoms with Gasteiger partial charge in [-0.1, -0.05) is 48.5 Å². The number of hydrogen-bond acceptors (Lipinski definition) is 4. The standard InChI is InChI=1S/C28H31N3O4/c1-20-9-12-23(17-21(20)2)26-18-31(29-27(32)19-35-25-7-5-4-6-8-25)28(33)30(26)16-15-22-10-13-24(34-3)14-11-22/h4-14,17,26H,15-16,18-19H2,1-3H3,(H,29,32). The monoisotopic (exact) mass is 473 g/mol. The molecule has 3 amide bonds. The number of carbonyl (C=O) groups is 2. The van der Waals surface area contributed by atoms with E-state index in [1.165, 1.54) is 16.1 Å². The van der Waals surface area contributed by atoms with Gasteiger partial charge in [0.05, 0.1) is 19.7 Å². The van der Waals surface area contributed by atoms with E-state index in [0.717, 1.165) is 16.9 Å². The first kappa shape index (κ1) is 24.1. The number of urea groups is 1. The predicted octanol–water partition coefficient (Wildman–Crippen LogP) is 4.44. The zero-order chi connectivity index (χ0) is 24.8. The quantitative estimate of drug-likeness (QED) is 0.499. The molecule has 1 unspecified atom stereocenters. The van der Waals surface area contributed by atoms with Gasteiger partial charge in [0.15, 0.2) is 6.61 Å². The summed E-state index contributed by atoms with van der Waals surface area (Å²) < 4.78 is 10.8. The molecule has 0 saturated carbocycles. The number of methoxy groups -OCH3 is 1. The van der Waals surface area contributed by atoms with Crippen molar-refractivity contribution in [1.82, 2.24) is 15.3 Å². The maximum Gasteiger partial charge on any atom is 0.339 e. The van der Waals surface area contributed by atoms with Gasteiger partial charge in [-0.2, -0.15) is 0 Å². The number of hydrogen-bond donors (Lipinski definition) is 1. The molecule has 1 heterocycles. The average molecular weight is 474 g/mol. The van der Waals surface area contributed by atoms with Crippen molar-refractivity contribution in [2.45, 2.75) is 26.3 Å². The summed E-state index contributed by atoms with van der Waals surface area (Å²) in [6.07, 6.45) is 0.690. The number of rotatable bonds is 9. The van der Waals surface area contributed by atoms with Crippen LogP contribution < -0.4 is 14.9 Å². The van der Waals surface area contributed by atoms with Crippen molar-refractivity contribution < 1.29 is 19.1 Å². The summed E-state index contributed by atoms with van der Waals surface area (Å²) >= 11 is 0. The number of ether oxygens (including phenoxy) is 2. The molecule has 1 atom stereocenters. The Labute approximate surface area is 206 Å². The topological polar surface area (TPSA) is 71.1 Å². The van der Waals surface area contributed by atoms with Crippen molar-refractivity contribution >= 4 is 11.9 Å². The molecule has 7 heteroatoms. The van der Waals surface area contributed by atoms with Crippen molar-refractivity contribution in [1.29, 1.82) is 0 Å². The number of hydrazine groups is 1. The van der Waals surface area contributed by atoms with Crippen molar-refractivity contribution in [3.8, 4) is 11.5 Å². The van der Waals surface area contributed by atoms with Crippen molar-refractivity contribution in [3.63, 3.8) is 0 Å². The Morgan fingerprint density at radius 3 is 2.40 bits per heavy atom. The number of aryl methyl sites for hydroxylation is 2. The van der Waals surface area contributed by atoms with E-state index in [0.29, 0.717) is 25.3 Å². The van der Waals surface area contributed by atoms with Crippen LogP contribution in [0.15, 0.2) is 72.8 Å². The highest BCUT2D eigenvalue weighted by molar-refractivity contribution is 5.83. The first-order chi connectivity index (χ1) is 16.9. The molecule has 182 valence electrons. The van der Waals surface area contributed by atoms with E-state index in [1.807, 2.05) is 47.4 Å². The van der Waals surface area contributed by atoms with Crippen LogP contribution in [0, 0.1) is 13.8 Å². The van der Waals surface area contributed by atoms with Crippen LogP contribution in [0.5, 0.6) is 11.5 Å². The molecule has 1 N–H and O–H groups in total. The Bertz CT molecular complexity index is 1160. The van der Waals surface area contributed by atoms with E-state index < -0.39 is 0 Å². The molecule has 0 aliphatic carbocycles. The Balaban J connectivity index is 1.46. The van der Waals surface area contributed by atoms with E-state index in [4.69, 9.17) is 9.47 Å². The molecular formula is C28H31N3O4. The van der Waals surface area contributed by atoms with Gasteiger partial charge in [0.25, 0.3) is 5.91 Å². The molecule has 1 saturated heterocycles. The minimum Gasteiger partial charge on any atom is -0.497 e. The van der Waals surface area contributed by atoms with Crippen LogP contribution in [-0.4, -0.2) is 48.7 Å². The lowest BCUT2D eigenvalue weighted by Gasteiger charge is -2.24. The SMILES string of the molecule is COc1ccc(CCN2C(=O)N(NC(=O)COc3ccccc3)CC2c2ccc(C)c(C)c2)cc1. The van der Waals surface area contributed by atoms with E-state index in [-0.39, 0.29) is 24.6 Å². The van der Waals surface area contributed by atoms with E-state index in [9.17, 15) is 9.59 Å². The normalized spacial score (nSPS) is 15.3. The summed E-state index contributed by atoms with van der Waals surface area (Å²) in [5, 5.41) is 1.39. The fourth-order valence-electron chi connectivity index (χ4n) is 4.13. The van der Waals surface area contributed by atoms with Crippen LogP contribution in [0.1, 0.15) is 28.3 Å². The van der Waals surface area contributed by atoms with Gasteiger partial charge in [0, 0.05) is 6.54 Å². The molecule has 0 radical (unpaired) electrons. The first-order valence-electron chi connectivity index (χ1n) is 11.7. The summed E-state index contributed by atoms with van der Waals surface area (Å²) in [7, 11) is 1.64. The van der Waals surface area contributed by atoms with Crippen LogP contribution in [0.3, 0.4) is 0 Å². The predicted molar refractivity (Wildman–Crippen MR) is 134 cm³/mol. The van der Waals surface area contributed by atoms with Gasteiger partial charge >= 0.3 is 6.03 Å². The second-order valence-corrected chi connectivity index (χ2v) is 8.68. The molecule has 3 aromatic carbocycles. The molecule has 0 spiro atoms. The number of amides is 3. The molecule has 1 aliphatic heterocycles. The van der Waals surface area contributed by atoms with Gasteiger partial charge in [0.1, 0.15) is 11.5 Å². The smallest absolute Gasteiger partial charge is 0.339 e. The maximum atomic E-state index is 13.3. The Hall–Kier alpha value is -4.00. The number of carbonyl (C=O) groups excluding carboxylic acids is 2. The van der Waals surface area contributed by atoms with Crippen molar-refractivity contribution in [2.24, 2.45) is 0 Å². The van der Waals surface area contributed by atoms with Crippen molar-refractivity contribution in [3.05, 3.63) is 95.1 Å². The lowest BCUT2D eigenvalue weighted by Crippen LogP contribution is -2.46. The largest absolute Gasteiger partial charge is 0.497 e. The van der Waals surface area contributed by atoms with E-state index in [2.05, 4.69) is 37.5 Å². The Kier molecular flexibility index (Phi) is 7.55. The van der Waals surface area contributed by atoms with Crippen LogP contribution in [-0.2, 0) is 11.2 Å². The number of para-hydroxylation sites is 1. The molecular weight excluding hydrogens is 442 g/mol. The molecule has 3 aromatic rings. The van der Waals surface area contributed by atoms with Crippen molar-refractivity contribution in [2.75, 3.05) is 26.8 Å². The number of benzene rings is 3. The number of nitrogens with one attached hydrogen (secondary N) is 1. The van der Waals surface area contributed by atoms with Crippen LogP contribution in [0.2, 0.25) is 0 Å². The van der Waals surface area contributed by atoms with Gasteiger partial charge in [0.2, 0.25) is 0 Å². The molecule has 1 fully saturated rings. The van der Waals surface area contributed by atoms with Gasteiger partial charge in [-0.05, 0) is 66.8 Å². The molecule has 0 aromatic heterocycles. The molecule has 0 bridgehead atoms. The van der Waals surface area contributed by atoms with Crippen LogP contribution >= 0.6 is 0 Å². The zero-order valence-electron chi connectivity index (χ0n) is 20.4. The minimum atomic E-state index is -0.377. The third-order valence-corrected chi connectivity index (χ3v) is 6.30. The summed E-state index contributed by atoms with van der Waals surface area (Å²) in [5.74, 6) is 1.02. The van der Waals surface area contributed by atoms with Crippen LogP contribution in [0.25, 0.3) is 0 Å². The molecule has 35 heavy (non-hydrogen) atoms. The fraction of sp³-hybridized carbons (Fsp3) is 0.286. The first-order valence-corrected chi connectivity index (χ1v) is 11.7. The summed E-state index contributed by atoms with van der Waals surface area (Å²) in [4.78, 5) is 27.7. The van der Waals surface area contributed by atoms with E-state index >= 15 is 0 Å². The highest BCUT2D eigenvalue weighted by Crippen LogP contribution is 2.30. The lowest BCUT2D eigenvalue weighted by molar-refractivity contribution is -0.126. The highest BCUT2D eigenvalue weighted by atomic mass is 16.5.